The Morgan fingerprint density at radius 1 is 1.42 bits per heavy atom. The second kappa shape index (κ2) is 5.95. The van der Waals surface area contributed by atoms with Gasteiger partial charge in [-0.25, -0.2) is 9.89 Å². The van der Waals surface area contributed by atoms with Gasteiger partial charge in [0.15, 0.2) is 0 Å². The molecule has 2 saturated carbocycles. The van der Waals surface area contributed by atoms with Crippen LogP contribution in [0.4, 0.5) is 10.5 Å². The highest BCUT2D eigenvalue weighted by atomic mass is 35.5. The van der Waals surface area contributed by atoms with E-state index in [2.05, 4.69) is 15.5 Å². The monoisotopic (exact) mass is 352 g/mol. The van der Waals surface area contributed by atoms with Crippen LogP contribution in [0.1, 0.15) is 38.5 Å². The fourth-order valence-electron chi connectivity index (χ4n) is 4.09. The topological polar surface area (TPSA) is 87.3 Å². The number of carbonyl (C=O) groups excluding carboxylic acids is 1. The smallest absolute Gasteiger partial charge is 0.407 e. The van der Waals surface area contributed by atoms with Gasteiger partial charge in [-0.15, -0.1) is 0 Å². The van der Waals surface area contributed by atoms with Crippen molar-refractivity contribution in [1.82, 2.24) is 15.5 Å². The van der Waals surface area contributed by atoms with Crippen LogP contribution in [-0.2, 0) is 4.74 Å². The van der Waals surface area contributed by atoms with E-state index < -0.39 is 5.56 Å². The molecule has 130 valence electrons. The zero-order valence-electron chi connectivity index (χ0n) is 13.4. The van der Waals surface area contributed by atoms with Gasteiger partial charge in [-0.1, -0.05) is 18.0 Å². The molecular formula is C16H21ClN4O3. The summed E-state index contributed by atoms with van der Waals surface area (Å²) in [7, 11) is 0. The van der Waals surface area contributed by atoms with Crippen molar-refractivity contribution in [3.63, 3.8) is 0 Å². The molecule has 4 rings (SSSR count). The highest BCUT2D eigenvalue weighted by molar-refractivity contribution is 6.33. The summed E-state index contributed by atoms with van der Waals surface area (Å²) in [5.74, 6) is 0. The van der Waals surface area contributed by atoms with Gasteiger partial charge in [0.2, 0.25) is 0 Å². The summed E-state index contributed by atoms with van der Waals surface area (Å²) in [6.07, 6.45) is 7.65. The maximum atomic E-state index is 12.2. The number of halogens is 1. The van der Waals surface area contributed by atoms with Crippen molar-refractivity contribution in [2.45, 2.75) is 50.7 Å². The first-order chi connectivity index (χ1) is 11.6. The molecule has 2 atom stereocenters. The average Bonchev–Trinajstić information content (AvgIpc) is 3.02. The number of aromatic amines is 1. The van der Waals surface area contributed by atoms with Gasteiger partial charge in [-0.05, 0) is 31.1 Å². The number of hydrogen-bond donors (Lipinski definition) is 2. The number of amides is 1. The molecule has 0 radical (unpaired) electrons. The first-order valence-corrected chi connectivity index (χ1v) is 8.90. The lowest BCUT2D eigenvalue weighted by atomic mass is 10.0. The van der Waals surface area contributed by atoms with Crippen molar-refractivity contribution in [1.29, 1.82) is 0 Å². The maximum Gasteiger partial charge on any atom is 0.407 e. The van der Waals surface area contributed by atoms with Crippen molar-refractivity contribution in [3.05, 3.63) is 21.6 Å². The van der Waals surface area contributed by atoms with Crippen molar-refractivity contribution >= 4 is 23.4 Å². The van der Waals surface area contributed by atoms with Crippen LogP contribution in [0.15, 0.2) is 11.0 Å². The van der Waals surface area contributed by atoms with E-state index in [1.165, 1.54) is 31.9 Å². The van der Waals surface area contributed by atoms with Crippen LogP contribution in [0.5, 0.6) is 0 Å². The third-order valence-corrected chi connectivity index (χ3v) is 5.99. The number of H-pyrrole nitrogens is 1. The minimum Gasteiger partial charge on any atom is -0.444 e. The lowest BCUT2D eigenvalue weighted by molar-refractivity contribution is 0.102. The van der Waals surface area contributed by atoms with Crippen molar-refractivity contribution in [2.24, 2.45) is 5.41 Å². The predicted octanol–water partition coefficient (Wildman–Crippen LogP) is 2.06. The van der Waals surface area contributed by atoms with E-state index in [0.29, 0.717) is 30.6 Å². The zero-order chi connectivity index (χ0) is 16.7. The van der Waals surface area contributed by atoms with Gasteiger partial charge in [0, 0.05) is 19.0 Å². The van der Waals surface area contributed by atoms with Gasteiger partial charge >= 0.3 is 6.09 Å². The van der Waals surface area contributed by atoms with E-state index in [1.807, 2.05) is 4.90 Å². The summed E-state index contributed by atoms with van der Waals surface area (Å²) < 4.78 is 5.58. The van der Waals surface area contributed by atoms with Gasteiger partial charge in [-0.3, -0.25) is 4.79 Å². The summed E-state index contributed by atoms with van der Waals surface area (Å²) in [5.41, 5.74) is 0.539. The lowest BCUT2D eigenvalue weighted by Crippen LogP contribution is -2.40. The number of aromatic nitrogens is 2. The normalized spacial score (nSPS) is 27.5. The molecule has 2 heterocycles. The van der Waals surface area contributed by atoms with E-state index in [9.17, 15) is 9.59 Å². The fraction of sp³-hybridized carbons (Fsp3) is 0.688. The van der Waals surface area contributed by atoms with Crippen molar-refractivity contribution in [2.75, 3.05) is 18.0 Å². The molecule has 2 N–H and O–H groups in total. The van der Waals surface area contributed by atoms with E-state index >= 15 is 0 Å². The van der Waals surface area contributed by atoms with Gasteiger partial charge in [0.25, 0.3) is 5.56 Å². The quantitative estimate of drug-likeness (QED) is 0.869. The average molecular weight is 353 g/mol. The number of anilines is 1. The van der Waals surface area contributed by atoms with Crippen LogP contribution in [-0.4, -0.2) is 41.5 Å². The van der Waals surface area contributed by atoms with Crippen LogP contribution < -0.4 is 15.8 Å². The highest BCUT2D eigenvalue weighted by Crippen LogP contribution is 2.57. The molecule has 1 aromatic rings. The molecule has 1 aliphatic heterocycles. The molecule has 1 unspecified atom stereocenters. The molecule has 8 heteroatoms. The first-order valence-electron chi connectivity index (χ1n) is 8.53. The molecule has 3 fully saturated rings. The number of rotatable bonds is 3. The Balaban J connectivity index is 1.33. The van der Waals surface area contributed by atoms with E-state index in [1.54, 1.807) is 0 Å². The number of hydrogen-bond acceptors (Lipinski definition) is 5. The second-order valence-electron chi connectivity index (χ2n) is 7.11. The number of alkyl carbamates (subject to hydrolysis) is 1. The third-order valence-electron chi connectivity index (χ3n) is 5.63. The summed E-state index contributed by atoms with van der Waals surface area (Å²) >= 11 is 6.03. The second-order valence-corrected chi connectivity index (χ2v) is 7.49. The molecule has 0 aromatic carbocycles. The molecule has 1 saturated heterocycles. The standard InChI is InChI=1S/C16H21ClN4O3/c17-13-11(8-18-20-14(13)22)21-7-3-10(9-21)24-15(23)19-12-2-1-4-16(12)5-6-16/h8,10,12H,1-7,9H2,(H,19,23)(H,20,22)/t10-,12?/m1/s1. The molecule has 3 aliphatic rings. The van der Waals surface area contributed by atoms with Gasteiger partial charge in [0.05, 0.1) is 18.4 Å². The molecule has 1 spiro atoms. The number of nitrogens with one attached hydrogen (secondary N) is 2. The number of carbonyl (C=O) groups is 1. The molecule has 0 bridgehead atoms. The molecule has 2 aliphatic carbocycles. The van der Waals surface area contributed by atoms with Crippen LogP contribution in [0, 0.1) is 5.41 Å². The molecular weight excluding hydrogens is 332 g/mol. The van der Waals surface area contributed by atoms with Crippen molar-refractivity contribution in [3.8, 4) is 0 Å². The molecule has 24 heavy (non-hydrogen) atoms. The summed E-state index contributed by atoms with van der Waals surface area (Å²) in [5, 5.41) is 9.27. The Hall–Kier alpha value is -1.76. The Labute approximate surface area is 144 Å². The summed E-state index contributed by atoms with van der Waals surface area (Å²) in [4.78, 5) is 25.7. The Morgan fingerprint density at radius 2 is 2.25 bits per heavy atom. The predicted molar refractivity (Wildman–Crippen MR) is 89.4 cm³/mol. The van der Waals surface area contributed by atoms with Gasteiger partial charge in [-0.2, -0.15) is 5.10 Å². The largest absolute Gasteiger partial charge is 0.444 e. The van der Waals surface area contributed by atoms with E-state index in [0.717, 1.165) is 6.42 Å². The molecule has 1 aromatic heterocycles. The van der Waals surface area contributed by atoms with Gasteiger partial charge < -0.3 is 15.0 Å². The van der Waals surface area contributed by atoms with Crippen LogP contribution in [0.25, 0.3) is 0 Å². The lowest BCUT2D eigenvalue weighted by Gasteiger charge is -2.22. The minimum absolute atomic E-state index is 0.122. The highest BCUT2D eigenvalue weighted by Gasteiger charge is 2.52. The Kier molecular flexibility index (Phi) is 3.90. The number of ether oxygens (including phenoxy) is 1. The molecule has 7 nitrogen and oxygen atoms in total. The first kappa shape index (κ1) is 15.7. The third kappa shape index (κ3) is 2.85. The van der Waals surface area contributed by atoms with Crippen molar-refractivity contribution < 1.29 is 9.53 Å². The SMILES string of the molecule is O=C(NC1CCCC12CC2)O[C@@H]1CCN(c2cn[nH]c(=O)c2Cl)C1. The maximum absolute atomic E-state index is 12.2. The molecule has 1 amide bonds. The van der Waals surface area contributed by atoms with Crippen LogP contribution in [0.2, 0.25) is 5.02 Å². The summed E-state index contributed by atoms with van der Waals surface area (Å²) in [6, 6.07) is 0.272. The van der Waals surface area contributed by atoms with Gasteiger partial charge in [0.1, 0.15) is 11.1 Å². The zero-order valence-corrected chi connectivity index (χ0v) is 14.1. The summed E-state index contributed by atoms with van der Waals surface area (Å²) in [6.45, 7) is 1.20. The fourth-order valence-corrected chi connectivity index (χ4v) is 4.30. The Morgan fingerprint density at radius 3 is 3.04 bits per heavy atom. The van der Waals surface area contributed by atoms with E-state index in [-0.39, 0.29) is 23.3 Å². The van der Waals surface area contributed by atoms with Crippen LogP contribution in [0.3, 0.4) is 0 Å². The van der Waals surface area contributed by atoms with E-state index in [4.69, 9.17) is 16.3 Å². The van der Waals surface area contributed by atoms with Crippen LogP contribution >= 0.6 is 11.6 Å². The minimum atomic E-state index is -0.410. The Bertz CT molecular complexity index is 703. The number of nitrogens with zero attached hydrogens (tertiary/aromatic N) is 2.